The van der Waals surface area contributed by atoms with Crippen molar-refractivity contribution in [1.82, 2.24) is 9.62 Å². The summed E-state index contributed by atoms with van der Waals surface area (Å²) in [5.41, 5.74) is 2.24. The third-order valence-corrected chi connectivity index (χ3v) is 5.74. The minimum Gasteiger partial charge on any atom is -0.392 e. The van der Waals surface area contributed by atoms with Crippen LogP contribution in [0, 0.1) is 13.8 Å². The van der Waals surface area contributed by atoms with E-state index in [1.165, 1.54) is 0 Å². The summed E-state index contributed by atoms with van der Waals surface area (Å²) in [4.78, 5) is 2.42. The Kier molecular flexibility index (Phi) is 5.03. The Hall–Kier alpha value is -0.950. The lowest BCUT2D eigenvalue weighted by Gasteiger charge is -2.30. The summed E-state index contributed by atoms with van der Waals surface area (Å²) in [5.74, 6) is 0. The van der Waals surface area contributed by atoms with E-state index in [2.05, 4.69) is 9.62 Å². The SMILES string of the molecule is Cc1cc(CO)cc(S(=O)(=O)NC2CCCN(C)C2)c1C. The van der Waals surface area contributed by atoms with Crippen molar-refractivity contribution in [3.05, 3.63) is 28.8 Å². The van der Waals surface area contributed by atoms with Gasteiger partial charge in [-0.25, -0.2) is 13.1 Å². The number of piperidine rings is 1. The lowest BCUT2D eigenvalue weighted by atomic mass is 10.1. The zero-order chi connectivity index (χ0) is 15.6. The van der Waals surface area contributed by atoms with Crippen LogP contribution >= 0.6 is 0 Å². The highest BCUT2D eigenvalue weighted by Gasteiger charge is 2.25. The molecule has 1 aromatic rings. The summed E-state index contributed by atoms with van der Waals surface area (Å²) in [5, 5.41) is 9.28. The molecule has 1 saturated heterocycles. The molecule has 1 atom stereocenters. The zero-order valence-electron chi connectivity index (χ0n) is 12.9. The fourth-order valence-corrected chi connectivity index (χ4v) is 4.44. The van der Waals surface area contributed by atoms with Gasteiger partial charge in [-0.05, 0) is 63.0 Å². The monoisotopic (exact) mass is 312 g/mol. The van der Waals surface area contributed by atoms with Crippen LogP contribution in [0.1, 0.15) is 29.5 Å². The minimum atomic E-state index is -3.56. The fraction of sp³-hybridized carbons (Fsp3) is 0.600. The van der Waals surface area contributed by atoms with Crippen molar-refractivity contribution in [3.63, 3.8) is 0 Å². The molecule has 1 unspecified atom stereocenters. The normalized spacial score (nSPS) is 20.7. The van der Waals surface area contributed by atoms with Crippen LogP contribution < -0.4 is 4.72 Å². The molecule has 5 nitrogen and oxygen atoms in total. The molecule has 0 saturated carbocycles. The first kappa shape index (κ1) is 16.4. The molecule has 1 aliphatic rings. The van der Waals surface area contributed by atoms with Gasteiger partial charge in [-0.2, -0.15) is 0 Å². The molecule has 21 heavy (non-hydrogen) atoms. The van der Waals surface area contributed by atoms with E-state index in [4.69, 9.17) is 0 Å². The molecule has 0 radical (unpaired) electrons. The first-order valence-corrected chi connectivity index (χ1v) is 8.73. The molecule has 1 aromatic carbocycles. The molecule has 1 heterocycles. The Morgan fingerprint density at radius 3 is 2.71 bits per heavy atom. The molecule has 2 N–H and O–H groups in total. The predicted octanol–water partition coefficient (Wildman–Crippen LogP) is 1.17. The Bertz CT molecular complexity index is 614. The largest absolute Gasteiger partial charge is 0.392 e. The summed E-state index contributed by atoms with van der Waals surface area (Å²) >= 11 is 0. The number of benzene rings is 1. The van der Waals surface area contributed by atoms with Crippen LogP contribution in [0.2, 0.25) is 0 Å². The van der Waals surface area contributed by atoms with Gasteiger partial charge < -0.3 is 10.0 Å². The van der Waals surface area contributed by atoms with Crippen molar-refractivity contribution in [1.29, 1.82) is 0 Å². The van der Waals surface area contributed by atoms with Gasteiger partial charge in [0.2, 0.25) is 10.0 Å². The van der Waals surface area contributed by atoms with E-state index < -0.39 is 10.0 Å². The molecular weight excluding hydrogens is 288 g/mol. The minimum absolute atomic E-state index is 0.0498. The lowest BCUT2D eigenvalue weighted by Crippen LogP contribution is -2.46. The number of sulfonamides is 1. The zero-order valence-corrected chi connectivity index (χ0v) is 13.7. The predicted molar refractivity (Wildman–Crippen MR) is 82.7 cm³/mol. The average molecular weight is 312 g/mol. The molecule has 1 fully saturated rings. The van der Waals surface area contributed by atoms with Crippen LogP contribution in [-0.2, 0) is 16.6 Å². The maximum Gasteiger partial charge on any atom is 0.241 e. The van der Waals surface area contributed by atoms with E-state index in [1.54, 1.807) is 13.0 Å². The van der Waals surface area contributed by atoms with Crippen LogP contribution in [0.5, 0.6) is 0 Å². The number of rotatable bonds is 4. The number of aliphatic hydroxyl groups is 1. The van der Waals surface area contributed by atoms with Gasteiger partial charge in [-0.15, -0.1) is 0 Å². The highest BCUT2D eigenvalue weighted by molar-refractivity contribution is 7.89. The summed E-state index contributed by atoms with van der Waals surface area (Å²) in [7, 11) is -1.55. The van der Waals surface area contributed by atoms with Gasteiger partial charge in [0.1, 0.15) is 0 Å². The van der Waals surface area contributed by atoms with E-state index in [-0.39, 0.29) is 17.5 Å². The maximum absolute atomic E-state index is 12.6. The van der Waals surface area contributed by atoms with Gasteiger partial charge in [-0.3, -0.25) is 0 Å². The van der Waals surface area contributed by atoms with Crippen molar-refractivity contribution >= 4 is 10.0 Å². The first-order chi connectivity index (χ1) is 9.83. The third kappa shape index (κ3) is 3.83. The van der Waals surface area contributed by atoms with E-state index in [1.807, 2.05) is 20.0 Å². The Labute approximate surface area is 127 Å². The fourth-order valence-electron chi connectivity index (χ4n) is 2.81. The van der Waals surface area contributed by atoms with E-state index in [0.29, 0.717) is 5.56 Å². The van der Waals surface area contributed by atoms with Gasteiger partial charge in [0.15, 0.2) is 0 Å². The van der Waals surface area contributed by atoms with Crippen LogP contribution in [-0.4, -0.2) is 44.6 Å². The molecule has 118 valence electrons. The van der Waals surface area contributed by atoms with E-state index >= 15 is 0 Å². The second-order valence-corrected chi connectivity index (χ2v) is 7.60. The summed E-state index contributed by atoms with van der Waals surface area (Å²) < 4.78 is 28.1. The number of nitrogens with one attached hydrogen (secondary N) is 1. The number of aliphatic hydroxyl groups excluding tert-OH is 1. The number of likely N-dealkylation sites (tertiary alicyclic amines) is 1. The van der Waals surface area contributed by atoms with Crippen LogP contribution in [0.3, 0.4) is 0 Å². The number of likely N-dealkylation sites (N-methyl/N-ethyl adjacent to an activating group) is 1. The lowest BCUT2D eigenvalue weighted by molar-refractivity contribution is 0.242. The van der Waals surface area contributed by atoms with E-state index in [9.17, 15) is 13.5 Å². The van der Waals surface area contributed by atoms with Crippen molar-refractivity contribution < 1.29 is 13.5 Å². The van der Waals surface area contributed by atoms with Gasteiger partial charge >= 0.3 is 0 Å². The summed E-state index contributed by atoms with van der Waals surface area (Å²) in [6.07, 6.45) is 1.86. The molecule has 1 aliphatic heterocycles. The van der Waals surface area contributed by atoms with Gasteiger partial charge in [0.25, 0.3) is 0 Å². The quantitative estimate of drug-likeness (QED) is 0.875. The molecule has 0 amide bonds. The van der Waals surface area contributed by atoms with Crippen molar-refractivity contribution in [2.24, 2.45) is 0 Å². The second kappa shape index (κ2) is 6.44. The number of nitrogens with zero attached hydrogens (tertiary/aromatic N) is 1. The third-order valence-electron chi connectivity index (χ3n) is 4.10. The molecular formula is C15H24N2O3S. The Balaban J connectivity index is 2.29. The number of aryl methyl sites for hydroxylation is 1. The maximum atomic E-state index is 12.6. The smallest absolute Gasteiger partial charge is 0.241 e. The molecule has 6 heteroatoms. The Morgan fingerprint density at radius 2 is 2.10 bits per heavy atom. The van der Waals surface area contributed by atoms with E-state index in [0.717, 1.165) is 37.1 Å². The highest BCUT2D eigenvalue weighted by atomic mass is 32.2. The van der Waals surface area contributed by atoms with Gasteiger partial charge in [-0.1, -0.05) is 6.07 Å². The van der Waals surface area contributed by atoms with Crippen molar-refractivity contribution in [2.45, 2.75) is 44.2 Å². The molecule has 2 rings (SSSR count). The van der Waals surface area contributed by atoms with Crippen molar-refractivity contribution in [2.75, 3.05) is 20.1 Å². The standard InChI is InChI=1S/C15H24N2O3S/c1-11-7-13(10-18)8-15(12(11)2)21(19,20)16-14-5-4-6-17(3)9-14/h7-8,14,16,18H,4-6,9-10H2,1-3H3. The molecule has 0 spiro atoms. The van der Waals surface area contributed by atoms with Crippen molar-refractivity contribution in [3.8, 4) is 0 Å². The molecule has 0 bridgehead atoms. The van der Waals surface area contributed by atoms with Crippen LogP contribution in [0.4, 0.5) is 0 Å². The van der Waals surface area contributed by atoms with Crippen LogP contribution in [0.15, 0.2) is 17.0 Å². The molecule has 0 aliphatic carbocycles. The number of hydrogen-bond acceptors (Lipinski definition) is 4. The second-order valence-electron chi connectivity index (χ2n) is 5.92. The Morgan fingerprint density at radius 1 is 1.38 bits per heavy atom. The van der Waals surface area contributed by atoms with Gasteiger partial charge in [0.05, 0.1) is 11.5 Å². The number of hydrogen-bond donors (Lipinski definition) is 2. The highest BCUT2D eigenvalue weighted by Crippen LogP contribution is 2.22. The van der Waals surface area contributed by atoms with Gasteiger partial charge in [0, 0.05) is 12.6 Å². The topological polar surface area (TPSA) is 69.6 Å². The average Bonchev–Trinajstić information content (AvgIpc) is 2.41. The molecule has 0 aromatic heterocycles. The summed E-state index contributed by atoms with van der Waals surface area (Å²) in [6.45, 7) is 5.25. The van der Waals surface area contributed by atoms with Crippen LogP contribution in [0.25, 0.3) is 0 Å². The first-order valence-electron chi connectivity index (χ1n) is 7.25. The summed E-state index contributed by atoms with van der Waals surface area (Å²) in [6, 6.07) is 3.34.